The Balaban J connectivity index is 1.51. The molecule has 1 heterocycles. The lowest BCUT2D eigenvalue weighted by molar-refractivity contribution is 1.31. The Hall–Kier alpha value is -3.13. The number of fused-ring (bicyclic) bond motifs is 2. The molecule has 1 aliphatic rings. The monoisotopic (exact) mass is 308 g/mol. The van der Waals surface area contributed by atoms with Gasteiger partial charge >= 0.3 is 0 Å². The van der Waals surface area contributed by atoms with Crippen molar-refractivity contribution in [2.24, 2.45) is 0 Å². The maximum Gasteiger partial charge on any atom is 0.0931 e. The Bertz CT molecular complexity index is 1070. The molecule has 0 unspecified atom stereocenters. The molecule has 4 aromatic rings. The van der Waals surface area contributed by atoms with E-state index in [0.717, 1.165) is 17.5 Å². The van der Waals surface area contributed by atoms with Crippen molar-refractivity contribution in [1.29, 1.82) is 0 Å². The van der Waals surface area contributed by atoms with Crippen molar-refractivity contribution in [3.8, 4) is 22.3 Å². The molecule has 24 heavy (non-hydrogen) atoms. The van der Waals surface area contributed by atoms with Crippen LogP contribution >= 0.6 is 0 Å². The SMILES string of the molecule is C1=Cc2cc(-c3ccc(-c4ccc5nc[nH]c5c4)cc3)ccc2C1. The van der Waals surface area contributed by atoms with Crippen molar-refractivity contribution < 1.29 is 0 Å². The summed E-state index contributed by atoms with van der Waals surface area (Å²) in [5, 5.41) is 0. The molecule has 0 aliphatic heterocycles. The molecule has 0 saturated heterocycles. The number of aromatic nitrogens is 2. The first-order valence-electron chi connectivity index (χ1n) is 8.20. The Labute approximate surface area is 140 Å². The largest absolute Gasteiger partial charge is 0.345 e. The number of hydrogen-bond donors (Lipinski definition) is 1. The topological polar surface area (TPSA) is 28.7 Å². The number of nitrogens with one attached hydrogen (secondary N) is 1. The fraction of sp³-hybridized carbons (Fsp3) is 0.0455. The fourth-order valence-corrected chi connectivity index (χ4v) is 3.40. The Kier molecular flexibility index (Phi) is 2.89. The van der Waals surface area contributed by atoms with Gasteiger partial charge in [-0.15, -0.1) is 0 Å². The molecule has 0 saturated carbocycles. The number of benzene rings is 3. The van der Waals surface area contributed by atoms with Crippen LogP contribution in [0.25, 0.3) is 39.4 Å². The van der Waals surface area contributed by atoms with Crippen LogP contribution in [0.2, 0.25) is 0 Å². The molecule has 2 nitrogen and oxygen atoms in total. The predicted molar refractivity (Wildman–Crippen MR) is 99.7 cm³/mol. The molecule has 3 aromatic carbocycles. The molecular weight excluding hydrogens is 292 g/mol. The van der Waals surface area contributed by atoms with Gasteiger partial charge in [0.15, 0.2) is 0 Å². The van der Waals surface area contributed by atoms with Crippen molar-refractivity contribution in [2.45, 2.75) is 6.42 Å². The van der Waals surface area contributed by atoms with Crippen molar-refractivity contribution in [3.63, 3.8) is 0 Å². The highest BCUT2D eigenvalue weighted by Gasteiger charge is 2.07. The van der Waals surface area contributed by atoms with Gasteiger partial charge < -0.3 is 4.98 Å². The van der Waals surface area contributed by atoms with Gasteiger partial charge in [0.25, 0.3) is 0 Å². The predicted octanol–water partition coefficient (Wildman–Crippen LogP) is 5.47. The number of hydrogen-bond acceptors (Lipinski definition) is 1. The van der Waals surface area contributed by atoms with E-state index in [1.165, 1.54) is 33.4 Å². The van der Waals surface area contributed by atoms with Crippen LogP contribution in [0, 0.1) is 0 Å². The van der Waals surface area contributed by atoms with Gasteiger partial charge in [-0.3, -0.25) is 0 Å². The van der Waals surface area contributed by atoms with E-state index in [2.05, 4.69) is 82.8 Å². The van der Waals surface area contributed by atoms with E-state index < -0.39 is 0 Å². The van der Waals surface area contributed by atoms with Gasteiger partial charge in [0.05, 0.1) is 17.4 Å². The Morgan fingerprint density at radius 3 is 2.29 bits per heavy atom. The minimum Gasteiger partial charge on any atom is -0.345 e. The van der Waals surface area contributed by atoms with E-state index >= 15 is 0 Å². The molecule has 1 aromatic heterocycles. The molecular formula is C22H16N2. The number of nitrogens with zero attached hydrogens (tertiary/aromatic N) is 1. The van der Waals surface area contributed by atoms with Gasteiger partial charge in [0.2, 0.25) is 0 Å². The lowest BCUT2D eigenvalue weighted by Gasteiger charge is -2.07. The van der Waals surface area contributed by atoms with Gasteiger partial charge in [-0.05, 0) is 58.0 Å². The first-order chi connectivity index (χ1) is 11.9. The number of imidazole rings is 1. The van der Waals surface area contributed by atoms with Crippen LogP contribution in [-0.4, -0.2) is 9.97 Å². The van der Waals surface area contributed by atoms with E-state index in [9.17, 15) is 0 Å². The van der Waals surface area contributed by atoms with Crippen molar-refractivity contribution in [1.82, 2.24) is 9.97 Å². The zero-order chi connectivity index (χ0) is 15.9. The summed E-state index contributed by atoms with van der Waals surface area (Å²) in [5.74, 6) is 0. The van der Waals surface area contributed by atoms with Crippen LogP contribution in [0.5, 0.6) is 0 Å². The van der Waals surface area contributed by atoms with Crippen LogP contribution in [0.15, 0.2) is 73.1 Å². The molecule has 0 amide bonds. The lowest BCUT2D eigenvalue weighted by atomic mass is 9.98. The van der Waals surface area contributed by atoms with E-state index in [1.54, 1.807) is 6.33 Å². The molecule has 0 bridgehead atoms. The summed E-state index contributed by atoms with van der Waals surface area (Å²) in [7, 11) is 0. The number of rotatable bonds is 2. The molecule has 1 aliphatic carbocycles. The van der Waals surface area contributed by atoms with E-state index in [4.69, 9.17) is 0 Å². The number of aromatic amines is 1. The molecule has 0 radical (unpaired) electrons. The maximum atomic E-state index is 4.27. The second-order valence-electron chi connectivity index (χ2n) is 6.23. The minimum atomic E-state index is 1.00. The zero-order valence-corrected chi connectivity index (χ0v) is 13.2. The standard InChI is InChI=1S/C22H16N2/c1-2-15-8-9-19(12-18(15)3-1)16-4-6-17(7-5-16)20-10-11-21-22(13-20)24-14-23-21/h1,3-14H,2H2,(H,23,24). The average molecular weight is 308 g/mol. The maximum absolute atomic E-state index is 4.27. The third-order valence-corrected chi connectivity index (χ3v) is 4.75. The normalized spacial score (nSPS) is 12.7. The van der Waals surface area contributed by atoms with Crippen molar-refractivity contribution >= 4 is 17.1 Å². The summed E-state index contributed by atoms with van der Waals surface area (Å²) in [4.78, 5) is 7.45. The minimum absolute atomic E-state index is 1.00. The molecule has 0 atom stereocenters. The summed E-state index contributed by atoms with van der Waals surface area (Å²) in [5.41, 5.74) is 9.79. The quantitative estimate of drug-likeness (QED) is 0.523. The van der Waals surface area contributed by atoms with Gasteiger partial charge in [0, 0.05) is 0 Å². The average Bonchev–Trinajstić information content (AvgIpc) is 3.29. The Morgan fingerprint density at radius 2 is 1.46 bits per heavy atom. The van der Waals surface area contributed by atoms with Gasteiger partial charge in [-0.2, -0.15) is 0 Å². The van der Waals surface area contributed by atoms with E-state index in [0.29, 0.717) is 0 Å². The lowest BCUT2D eigenvalue weighted by Crippen LogP contribution is -1.85. The van der Waals surface area contributed by atoms with Crippen molar-refractivity contribution in [3.05, 3.63) is 84.2 Å². The molecule has 0 fully saturated rings. The van der Waals surface area contributed by atoms with Gasteiger partial charge in [-0.1, -0.05) is 54.6 Å². The number of allylic oxidation sites excluding steroid dienone is 1. The first kappa shape index (κ1) is 13.3. The summed E-state index contributed by atoms with van der Waals surface area (Å²) < 4.78 is 0. The summed E-state index contributed by atoms with van der Waals surface area (Å²) in [6, 6.07) is 21.9. The van der Waals surface area contributed by atoms with Crippen LogP contribution in [0.4, 0.5) is 0 Å². The fourth-order valence-electron chi connectivity index (χ4n) is 3.40. The van der Waals surface area contributed by atoms with E-state index in [1.807, 2.05) is 0 Å². The van der Waals surface area contributed by atoms with Crippen LogP contribution in [-0.2, 0) is 6.42 Å². The zero-order valence-electron chi connectivity index (χ0n) is 13.2. The second kappa shape index (κ2) is 5.20. The molecule has 2 heteroatoms. The highest BCUT2D eigenvalue weighted by molar-refractivity contribution is 5.82. The van der Waals surface area contributed by atoms with Crippen LogP contribution in [0.3, 0.4) is 0 Å². The molecule has 5 rings (SSSR count). The molecule has 114 valence electrons. The van der Waals surface area contributed by atoms with Gasteiger partial charge in [0.1, 0.15) is 0 Å². The van der Waals surface area contributed by atoms with Crippen LogP contribution < -0.4 is 0 Å². The smallest absolute Gasteiger partial charge is 0.0931 e. The Morgan fingerprint density at radius 1 is 0.750 bits per heavy atom. The third kappa shape index (κ3) is 2.16. The summed E-state index contributed by atoms with van der Waals surface area (Å²) in [6.07, 6.45) is 7.24. The summed E-state index contributed by atoms with van der Waals surface area (Å²) >= 11 is 0. The number of H-pyrrole nitrogens is 1. The summed E-state index contributed by atoms with van der Waals surface area (Å²) in [6.45, 7) is 0. The van der Waals surface area contributed by atoms with Crippen molar-refractivity contribution in [2.75, 3.05) is 0 Å². The van der Waals surface area contributed by atoms with Crippen LogP contribution in [0.1, 0.15) is 11.1 Å². The third-order valence-electron chi connectivity index (χ3n) is 4.75. The van der Waals surface area contributed by atoms with Gasteiger partial charge in [-0.25, -0.2) is 4.98 Å². The molecule has 0 spiro atoms. The highest BCUT2D eigenvalue weighted by Crippen LogP contribution is 2.29. The first-order valence-corrected chi connectivity index (χ1v) is 8.20. The highest BCUT2D eigenvalue weighted by atomic mass is 14.9. The molecule has 1 N–H and O–H groups in total. The second-order valence-corrected chi connectivity index (χ2v) is 6.23. The van der Waals surface area contributed by atoms with E-state index in [-0.39, 0.29) is 0 Å².